The molecule has 0 amide bonds. The Morgan fingerprint density at radius 3 is 2.38 bits per heavy atom. The van der Waals surface area contributed by atoms with E-state index >= 15 is 0 Å². The minimum Gasteiger partial charge on any atom is -0.469 e. The number of esters is 1. The summed E-state index contributed by atoms with van der Waals surface area (Å²) in [7, 11) is 0.619. The zero-order valence-electron chi connectivity index (χ0n) is 10.8. The number of rotatable bonds is 7. The number of carbonyl (C=O) groups excluding carboxylic acids is 1. The highest BCUT2D eigenvalue weighted by Gasteiger charge is 2.20. The molecule has 0 radical (unpaired) electrons. The molecule has 0 fully saturated rings. The molecule has 4 atom stereocenters. The first kappa shape index (κ1) is 15.6. The Labute approximate surface area is 101 Å². The lowest BCUT2D eigenvalue weighted by Gasteiger charge is -2.20. The fraction of sp³-hybridized carbons (Fsp3) is 0.909. The molecule has 1 N–H and O–H groups in total. The van der Waals surface area contributed by atoms with Crippen molar-refractivity contribution in [2.75, 3.05) is 19.9 Å². The fourth-order valence-electron chi connectivity index (χ4n) is 1.25. The molecule has 0 saturated heterocycles. The first-order valence-electron chi connectivity index (χ1n) is 5.53. The van der Waals surface area contributed by atoms with Crippen molar-refractivity contribution in [3.63, 3.8) is 0 Å². The maximum Gasteiger partial charge on any atom is 0.309 e. The van der Waals surface area contributed by atoms with Gasteiger partial charge in [0.15, 0.2) is 0 Å². The second-order valence-corrected chi connectivity index (χ2v) is 5.95. The van der Waals surface area contributed by atoms with E-state index in [0.717, 1.165) is 13.0 Å². The molecular weight excluding hydrogens is 226 g/mol. The van der Waals surface area contributed by atoms with Crippen LogP contribution >= 0.6 is 0 Å². The summed E-state index contributed by atoms with van der Waals surface area (Å²) in [5.74, 6) is -0.362. The second kappa shape index (κ2) is 7.79. The Morgan fingerprint density at radius 1 is 1.38 bits per heavy atom. The van der Waals surface area contributed by atoms with Crippen molar-refractivity contribution in [1.29, 1.82) is 0 Å². The summed E-state index contributed by atoms with van der Waals surface area (Å²) >= 11 is 0. The highest BCUT2D eigenvalue weighted by molar-refractivity contribution is 7.84. The van der Waals surface area contributed by atoms with E-state index < -0.39 is 10.8 Å². The van der Waals surface area contributed by atoms with Gasteiger partial charge in [-0.3, -0.25) is 9.00 Å². The third-order valence-electron chi connectivity index (χ3n) is 2.91. The first-order chi connectivity index (χ1) is 7.40. The third kappa shape index (κ3) is 5.61. The molecule has 96 valence electrons. The van der Waals surface area contributed by atoms with E-state index in [9.17, 15) is 9.00 Å². The van der Waals surface area contributed by atoms with Crippen molar-refractivity contribution < 1.29 is 13.7 Å². The summed E-state index contributed by atoms with van der Waals surface area (Å²) in [6.07, 6.45) is 2.56. The van der Waals surface area contributed by atoms with Crippen molar-refractivity contribution >= 4 is 16.8 Å². The van der Waals surface area contributed by atoms with E-state index in [1.807, 2.05) is 20.8 Å². The maximum atomic E-state index is 11.2. The van der Waals surface area contributed by atoms with Gasteiger partial charge in [0.1, 0.15) is 0 Å². The van der Waals surface area contributed by atoms with Crippen LogP contribution in [0.4, 0.5) is 0 Å². The lowest BCUT2D eigenvalue weighted by atomic mass is 10.0. The lowest BCUT2D eigenvalue weighted by Crippen LogP contribution is -2.38. The van der Waals surface area contributed by atoms with E-state index in [1.165, 1.54) is 7.11 Å². The summed E-state index contributed by atoms with van der Waals surface area (Å²) in [5.41, 5.74) is 0. The van der Waals surface area contributed by atoms with E-state index in [0.29, 0.717) is 0 Å². The van der Waals surface area contributed by atoms with Crippen molar-refractivity contribution in [2.24, 2.45) is 5.92 Å². The zero-order chi connectivity index (χ0) is 12.7. The number of ether oxygens (including phenoxy) is 1. The molecule has 0 aliphatic heterocycles. The van der Waals surface area contributed by atoms with Crippen LogP contribution in [-0.4, -0.2) is 41.4 Å². The van der Waals surface area contributed by atoms with Crippen LogP contribution in [0.3, 0.4) is 0 Å². The SMILES string of the molecule is COC(=O)C(C)C(C)NCCC(C)S(C)=O. The second-order valence-electron chi connectivity index (χ2n) is 4.15. The van der Waals surface area contributed by atoms with Gasteiger partial charge in [0.25, 0.3) is 0 Å². The quantitative estimate of drug-likeness (QED) is 0.682. The smallest absolute Gasteiger partial charge is 0.309 e. The molecule has 0 heterocycles. The van der Waals surface area contributed by atoms with Gasteiger partial charge in [-0.2, -0.15) is 0 Å². The molecule has 0 saturated carbocycles. The molecule has 0 aromatic carbocycles. The van der Waals surface area contributed by atoms with Crippen molar-refractivity contribution in [1.82, 2.24) is 5.32 Å². The van der Waals surface area contributed by atoms with Crippen molar-refractivity contribution in [2.45, 2.75) is 38.5 Å². The topological polar surface area (TPSA) is 55.4 Å². The van der Waals surface area contributed by atoms with Crippen LogP contribution in [0.15, 0.2) is 0 Å². The van der Waals surface area contributed by atoms with Gasteiger partial charge in [-0.25, -0.2) is 0 Å². The van der Waals surface area contributed by atoms with Crippen LogP contribution in [0.25, 0.3) is 0 Å². The molecule has 0 spiro atoms. The highest BCUT2D eigenvalue weighted by atomic mass is 32.2. The lowest BCUT2D eigenvalue weighted by molar-refractivity contribution is -0.145. The van der Waals surface area contributed by atoms with Gasteiger partial charge < -0.3 is 10.1 Å². The molecule has 0 aromatic rings. The minimum absolute atomic E-state index is 0.0740. The van der Waals surface area contributed by atoms with Gasteiger partial charge in [0.2, 0.25) is 0 Å². The molecule has 0 aromatic heterocycles. The van der Waals surface area contributed by atoms with Crippen LogP contribution < -0.4 is 5.32 Å². The summed E-state index contributed by atoms with van der Waals surface area (Å²) in [6.45, 7) is 6.52. The summed E-state index contributed by atoms with van der Waals surface area (Å²) in [4.78, 5) is 11.2. The standard InChI is InChI=1S/C11H23NO3S/c1-8(16(5)14)6-7-12-10(3)9(2)11(13)15-4/h8-10,12H,6-7H2,1-5H3. The number of nitrogens with one attached hydrogen (secondary N) is 1. The predicted molar refractivity (Wildman–Crippen MR) is 66.8 cm³/mol. The van der Waals surface area contributed by atoms with Crippen molar-refractivity contribution in [3.8, 4) is 0 Å². The summed E-state index contributed by atoms with van der Waals surface area (Å²) in [6, 6.07) is 0.0740. The number of hydrogen-bond acceptors (Lipinski definition) is 4. The number of carbonyl (C=O) groups is 1. The van der Waals surface area contributed by atoms with Crippen LogP contribution in [0.2, 0.25) is 0 Å². The summed E-state index contributed by atoms with van der Waals surface area (Å²) in [5, 5.41) is 3.44. The molecule has 4 nitrogen and oxygen atoms in total. The average Bonchev–Trinajstić information content (AvgIpc) is 2.26. The van der Waals surface area contributed by atoms with Gasteiger partial charge in [-0.05, 0) is 19.9 Å². The van der Waals surface area contributed by atoms with Crippen LogP contribution in [0.5, 0.6) is 0 Å². The predicted octanol–water partition coefficient (Wildman–Crippen LogP) is 0.931. The van der Waals surface area contributed by atoms with Crippen molar-refractivity contribution in [3.05, 3.63) is 0 Å². The van der Waals surface area contributed by atoms with E-state index in [1.54, 1.807) is 6.26 Å². The molecule has 0 aliphatic rings. The van der Waals surface area contributed by atoms with Gasteiger partial charge >= 0.3 is 5.97 Å². The zero-order valence-corrected chi connectivity index (χ0v) is 11.6. The third-order valence-corrected chi connectivity index (χ3v) is 4.28. The van der Waals surface area contributed by atoms with E-state index in [-0.39, 0.29) is 23.2 Å². The molecule has 0 rings (SSSR count). The van der Waals surface area contributed by atoms with Gasteiger partial charge in [-0.15, -0.1) is 0 Å². The Balaban J connectivity index is 3.85. The molecular formula is C11H23NO3S. The Morgan fingerprint density at radius 2 is 1.94 bits per heavy atom. The molecule has 0 aliphatic carbocycles. The normalized spacial score (nSPS) is 18.6. The van der Waals surface area contributed by atoms with E-state index in [2.05, 4.69) is 10.1 Å². The van der Waals surface area contributed by atoms with E-state index in [4.69, 9.17) is 0 Å². The van der Waals surface area contributed by atoms with Gasteiger partial charge in [0, 0.05) is 28.3 Å². The number of methoxy groups -OCH3 is 1. The fourth-order valence-corrected chi connectivity index (χ4v) is 1.70. The molecule has 16 heavy (non-hydrogen) atoms. The Hall–Kier alpha value is -0.420. The highest BCUT2D eigenvalue weighted by Crippen LogP contribution is 2.05. The summed E-state index contributed by atoms with van der Waals surface area (Å²) < 4.78 is 15.8. The van der Waals surface area contributed by atoms with Gasteiger partial charge in [-0.1, -0.05) is 13.8 Å². The monoisotopic (exact) mass is 249 g/mol. The average molecular weight is 249 g/mol. The number of hydrogen-bond donors (Lipinski definition) is 1. The van der Waals surface area contributed by atoms with Crippen LogP contribution in [-0.2, 0) is 20.3 Å². The molecule has 5 heteroatoms. The largest absolute Gasteiger partial charge is 0.469 e. The molecule has 4 unspecified atom stereocenters. The van der Waals surface area contributed by atoms with Crippen LogP contribution in [0.1, 0.15) is 27.2 Å². The Kier molecular flexibility index (Phi) is 7.58. The minimum atomic E-state index is -0.778. The first-order valence-corrected chi connectivity index (χ1v) is 7.15. The maximum absolute atomic E-state index is 11.2. The van der Waals surface area contributed by atoms with Crippen LogP contribution in [0, 0.1) is 5.92 Å². The molecule has 0 bridgehead atoms. The van der Waals surface area contributed by atoms with Gasteiger partial charge in [0.05, 0.1) is 13.0 Å². The Bertz CT molecular complexity index is 245.